The van der Waals surface area contributed by atoms with Crippen LogP contribution in [-0.4, -0.2) is 15.0 Å². The fraction of sp³-hybridized carbons (Fsp3) is 0. The molecule has 0 N–H and O–H groups in total. The maximum atomic E-state index is 4.48. The first kappa shape index (κ1) is 11.0. The van der Waals surface area contributed by atoms with Gasteiger partial charge in [0.05, 0.1) is 10.6 Å². The molecule has 0 amide bonds. The first-order valence-electron chi connectivity index (χ1n) is 4.54. The Morgan fingerprint density at radius 1 is 1.12 bits per heavy atom. The minimum absolute atomic E-state index is 0. The van der Waals surface area contributed by atoms with Gasteiger partial charge in [-0.2, -0.15) is 0 Å². The lowest BCUT2D eigenvalue weighted by Gasteiger charge is -1.98. The van der Waals surface area contributed by atoms with Crippen molar-refractivity contribution in [2.75, 3.05) is 0 Å². The predicted octanol–water partition coefficient (Wildman–Crippen LogP) is 3.18. The van der Waals surface area contributed by atoms with E-state index >= 15 is 0 Å². The SMILES string of the molecule is Cl.c1csc(-c2ccc3cncnc3n2)c1. The highest BCUT2D eigenvalue weighted by atomic mass is 35.5. The van der Waals surface area contributed by atoms with E-state index in [2.05, 4.69) is 21.0 Å². The molecule has 3 aromatic rings. The highest BCUT2D eigenvalue weighted by Crippen LogP contribution is 2.23. The first-order chi connectivity index (χ1) is 7.43. The van der Waals surface area contributed by atoms with E-state index in [1.807, 2.05) is 23.6 Å². The van der Waals surface area contributed by atoms with Gasteiger partial charge in [-0.15, -0.1) is 23.7 Å². The lowest BCUT2D eigenvalue weighted by Crippen LogP contribution is -1.86. The van der Waals surface area contributed by atoms with Crippen molar-refractivity contribution in [1.82, 2.24) is 15.0 Å². The van der Waals surface area contributed by atoms with Gasteiger partial charge in [-0.3, -0.25) is 0 Å². The average Bonchev–Trinajstić information content (AvgIpc) is 2.82. The number of nitrogens with zero attached hydrogens (tertiary/aromatic N) is 3. The molecular formula is C11H8ClN3S. The van der Waals surface area contributed by atoms with E-state index in [1.54, 1.807) is 17.5 Å². The second-order valence-corrected chi connectivity index (χ2v) is 4.06. The van der Waals surface area contributed by atoms with Crippen molar-refractivity contribution in [1.29, 1.82) is 0 Å². The summed E-state index contributed by atoms with van der Waals surface area (Å²) in [5, 5.41) is 3.01. The van der Waals surface area contributed by atoms with Crippen LogP contribution in [0, 0.1) is 0 Å². The molecule has 0 saturated carbocycles. The van der Waals surface area contributed by atoms with Gasteiger partial charge >= 0.3 is 0 Å². The van der Waals surface area contributed by atoms with E-state index in [4.69, 9.17) is 0 Å². The molecule has 0 bridgehead atoms. The van der Waals surface area contributed by atoms with E-state index in [9.17, 15) is 0 Å². The molecule has 0 aliphatic carbocycles. The van der Waals surface area contributed by atoms with Crippen LogP contribution in [0.4, 0.5) is 0 Å². The van der Waals surface area contributed by atoms with Crippen LogP contribution in [0.1, 0.15) is 0 Å². The largest absolute Gasteiger partial charge is 0.244 e. The van der Waals surface area contributed by atoms with Crippen LogP contribution in [0.25, 0.3) is 21.6 Å². The van der Waals surface area contributed by atoms with Gasteiger partial charge in [0, 0.05) is 11.6 Å². The summed E-state index contributed by atoms with van der Waals surface area (Å²) >= 11 is 1.68. The summed E-state index contributed by atoms with van der Waals surface area (Å²) in [4.78, 5) is 13.7. The van der Waals surface area contributed by atoms with Gasteiger partial charge in [0.25, 0.3) is 0 Å². The smallest absolute Gasteiger partial charge is 0.163 e. The fourth-order valence-electron chi connectivity index (χ4n) is 1.43. The number of rotatable bonds is 1. The summed E-state index contributed by atoms with van der Waals surface area (Å²) in [7, 11) is 0. The quantitative estimate of drug-likeness (QED) is 0.665. The topological polar surface area (TPSA) is 38.7 Å². The number of fused-ring (bicyclic) bond motifs is 1. The van der Waals surface area contributed by atoms with Crippen molar-refractivity contribution < 1.29 is 0 Å². The molecule has 5 heteroatoms. The highest BCUT2D eigenvalue weighted by Gasteiger charge is 2.02. The Hall–Kier alpha value is -1.52. The van der Waals surface area contributed by atoms with E-state index in [0.717, 1.165) is 21.6 Å². The van der Waals surface area contributed by atoms with Crippen LogP contribution in [-0.2, 0) is 0 Å². The van der Waals surface area contributed by atoms with Crippen molar-refractivity contribution in [3.63, 3.8) is 0 Å². The molecule has 3 nitrogen and oxygen atoms in total. The van der Waals surface area contributed by atoms with Crippen molar-refractivity contribution in [2.24, 2.45) is 0 Å². The lowest BCUT2D eigenvalue weighted by atomic mass is 10.2. The zero-order valence-electron chi connectivity index (χ0n) is 8.20. The van der Waals surface area contributed by atoms with Crippen LogP contribution < -0.4 is 0 Å². The fourth-order valence-corrected chi connectivity index (χ4v) is 2.12. The van der Waals surface area contributed by atoms with Crippen molar-refractivity contribution in [2.45, 2.75) is 0 Å². The standard InChI is InChI=1S/C11H7N3S.ClH/c1-2-10(15-5-1)9-4-3-8-6-12-7-13-11(8)14-9;/h1-7H;1H. The number of thiophene rings is 1. The van der Waals surface area contributed by atoms with Gasteiger partial charge in [-0.05, 0) is 23.6 Å². The molecule has 0 fully saturated rings. The maximum absolute atomic E-state index is 4.48. The molecule has 0 radical (unpaired) electrons. The molecule has 0 aliphatic rings. The molecule has 0 atom stereocenters. The summed E-state index contributed by atoms with van der Waals surface area (Å²) in [6.45, 7) is 0. The molecular weight excluding hydrogens is 242 g/mol. The number of hydrogen-bond acceptors (Lipinski definition) is 4. The highest BCUT2D eigenvalue weighted by molar-refractivity contribution is 7.13. The third-order valence-corrected chi connectivity index (χ3v) is 3.03. The summed E-state index contributed by atoms with van der Waals surface area (Å²) in [5.74, 6) is 0. The Morgan fingerprint density at radius 3 is 2.88 bits per heavy atom. The Bertz CT molecular complexity index is 595. The molecule has 3 heterocycles. The monoisotopic (exact) mass is 249 g/mol. The summed E-state index contributed by atoms with van der Waals surface area (Å²) in [6, 6.07) is 8.07. The average molecular weight is 250 g/mol. The second-order valence-electron chi connectivity index (χ2n) is 3.11. The molecule has 0 spiro atoms. The third kappa shape index (κ3) is 1.89. The van der Waals surface area contributed by atoms with Gasteiger partial charge in [-0.1, -0.05) is 6.07 Å². The van der Waals surface area contributed by atoms with Crippen LogP contribution in [0.3, 0.4) is 0 Å². The molecule has 0 aromatic carbocycles. The molecule has 0 unspecified atom stereocenters. The van der Waals surface area contributed by atoms with Crippen LogP contribution in [0.15, 0.2) is 42.2 Å². The Labute approximate surface area is 103 Å². The minimum Gasteiger partial charge on any atom is -0.244 e. The van der Waals surface area contributed by atoms with E-state index in [-0.39, 0.29) is 12.4 Å². The van der Waals surface area contributed by atoms with E-state index in [0.29, 0.717) is 0 Å². The Balaban J connectivity index is 0.000000963. The van der Waals surface area contributed by atoms with Crippen molar-refractivity contribution >= 4 is 34.8 Å². The number of hydrogen-bond donors (Lipinski definition) is 0. The van der Waals surface area contributed by atoms with Crippen molar-refractivity contribution in [3.05, 3.63) is 42.2 Å². The summed E-state index contributed by atoms with van der Waals surface area (Å²) in [6.07, 6.45) is 3.29. The normalized spacial score (nSPS) is 10.0. The van der Waals surface area contributed by atoms with E-state index < -0.39 is 0 Å². The molecule has 80 valence electrons. The second kappa shape index (κ2) is 4.55. The third-order valence-electron chi connectivity index (χ3n) is 2.14. The molecule has 16 heavy (non-hydrogen) atoms. The first-order valence-corrected chi connectivity index (χ1v) is 5.42. The lowest BCUT2D eigenvalue weighted by molar-refractivity contribution is 1.18. The Morgan fingerprint density at radius 2 is 2.06 bits per heavy atom. The van der Waals surface area contributed by atoms with Crippen LogP contribution in [0.5, 0.6) is 0 Å². The van der Waals surface area contributed by atoms with Crippen molar-refractivity contribution in [3.8, 4) is 10.6 Å². The molecule has 3 rings (SSSR count). The maximum Gasteiger partial charge on any atom is 0.163 e. The summed E-state index contributed by atoms with van der Waals surface area (Å²) < 4.78 is 0. The Kier molecular flexibility index (Phi) is 3.12. The van der Waals surface area contributed by atoms with Gasteiger partial charge in [0.2, 0.25) is 0 Å². The molecule has 0 aliphatic heterocycles. The van der Waals surface area contributed by atoms with Crippen LogP contribution in [0.2, 0.25) is 0 Å². The van der Waals surface area contributed by atoms with Gasteiger partial charge in [0.1, 0.15) is 6.33 Å². The van der Waals surface area contributed by atoms with Gasteiger partial charge in [-0.25, -0.2) is 15.0 Å². The van der Waals surface area contributed by atoms with Gasteiger partial charge in [0.15, 0.2) is 5.65 Å². The van der Waals surface area contributed by atoms with Gasteiger partial charge < -0.3 is 0 Å². The zero-order chi connectivity index (χ0) is 10.1. The van der Waals surface area contributed by atoms with Crippen LogP contribution >= 0.6 is 23.7 Å². The number of halogens is 1. The van der Waals surface area contributed by atoms with E-state index in [1.165, 1.54) is 6.33 Å². The predicted molar refractivity (Wildman–Crippen MR) is 67.9 cm³/mol. The number of pyridine rings is 1. The minimum atomic E-state index is 0. The zero-order valence-corrected chi connectivity index (χ0v) is 9.83. The molecule has 3 aromatic heterocycles. The molecule has 0 saturated heterocycles. The number of aromatic nitrogens is 3. The summed E-state index contributed by atoms with van der Waals surface area (Å²) in [5.41, 5.74) is 1.71.